The van der Waals surface area contributed by atoms with Crippen LogP contribution in [0.1, 0.15) is 73.2 Å². The molecule has 37 heavy (non-hydrogen) atoms. The quantitative estimate of drug-likeness (QED) is 0.381. The van der Waals surface area contributed by atoms with Crippen molar-refractivity contribution in [3.63, 3.8) is 0 Å². The number of aromatic nitrogens is 1. The first-order valence-corrected chi connectivity index (χ1v) is 13.4. The molecule has 1 atom stereocenters. The molecule has 0 amide bonds. The molecule has 5 nitrogen and oxygen atoms in total. The lowest BCUT2D eigenvalue weighted by atomic mass is 9.85. The van der Waals surface area contributed by atoms with Gasteiger partial charge in [-0.1, -0.05) is 25.5 Å². The third kappa shape index (κ3) is 4.11. The molecule has 0 aliphatic carbocycles. The summed E-state index contributed by atoms with van der Waals surface area (Å²) >= 11 is 1.01. The largest absolute Gasteiger partial charge is 0.389 e. The summed E-state index contributed by atoms with van der Waals surface area (Å²) in [7, 11) is 0. The van der Waals surface area contributed by atoms with E-state index in [4.69, 9.17) is 15.5 Å². The molecule has 4 heterocycles. The molecule has 2 aliphatic heterocycles. The van der Waals surface area contributed by atoms with Gasteiger partial charge in [-0.25, -0.2) is 13.8 Å². The van der Waals surface area contributed by atoms with Crippen LogP contribution in [-0.2, 0) is 18.0 Å². The number of hydrogen-bond donors (Lipinski definition) is 1. The van der Waals surface area contributed by atoms with Crippen LogP contribution >= 0.6 is 11.3 Å². The smallest absolute Gasteiger partial charge is 0.157 e. The number of nitrogen functional groups attached to an aromatic ring is 1. The number of halogens is 2. The Morgan fingerprint density at radius 2 is 2.08 bits per heavy atom. The van der Waals surface area contributed by atoms with Crippen LogP contribution in [-0.4, -0.2) is 18.1 Å². The predicted octanol–water partition coefficient (Wildman–Crippen LogP) is 7.33. The fraction of sp³-hybridized carbons (Fsp3) is 0.379. The van der Waals surface area contributed by atoms with Crippen LogP contribution in [0.5, 0.6) is 0 Å². The minimum atomic E-state index is -0.493. The first-order valence-electron chi connectivity index (χ1n) is 12.6. The first-order chi connectivity index (χ1) is 17.8. The average Bonchev–Trinajstić information content (AvgIpc) is 3.64. The molecule has 8 heteroatoms. The van der Waals surface area contributed by atoms with E-state index in [2.05, 4.69) is 17.9 Å². The topological polar surface area (TPSA) is 75.2 Å². The van der Waals surface area contributed by atoms with Crippen molar-refractivity contribution in [2.24, 2.45) is 5.92 Å². The summed E-state index contributed by atoms with van der Waals surface area (Å²) in [5.74, 6) is 0.335. The zero-order valence-corrected chi connectivity index (χ0v) is 22.4. The Bertz CT molecular complexity index is 1510. The number of nitrogens with two attached hydrogens (primary N) is 1. The summed E-state index contributed by atoms with van der Waals surface area (Å²) in [6.07, 6.45) is 2.99. The minimum absolute atomic E-state index is 0.166. The van der Waals surface area contributed by atoms with Gasteiger partial charge in [0.2, 0.25) is 0 Å². The molecule has 0 radical (unpaired) electrons. The normalized spacial score (nSPS) is 18.4. The van der Waals surface area contributed by atoms with E-state index in [-0.39, 0.29) is 27.6 Å². The molecule has 2 aliphatic rings. The van der Waals surface area contributed by atoms with Crippen molar-refractivity contribution < 1.29 is 13.5 Å². The molecule has 1 saturated heterocycles. The summed E-state index contributed by atoms with van der Waals surface area (Å²) in [6.45, 7) is 9.98. The molecule has 0 spiro atoms. The maximum Gasteiger partial charge on any atom is 0.157 e. The zero-order valence-electron chi connectivity index (χ0n) is 21.5. The van der Waals surface area contributed by atoms with E-state index in [0.717, 1.165) is 58.8 Å². The SMILES string of the molecule is C/C=C(/F)c1sc(N)c(C#N)c1/C(=C(\C)CC)c1c2c(c3ccc(N4CCC(C)C4)nc3c1F)COC2. The molecule has 1 unspecified atom stereocenters. The monoisotopic (exact) mass is 520 g/mol. The van der Waals surface area contributed by atoms with Crippen molar-refractivity contribution in [1.82, 2.24) is 4.98 Å². The molecule has 0 saturated carbocycles. The Labute approximate surface area is 219 Å². The lowest BCUT2D eigenvalue weighted by Gasteiger charge is -2.21. The second-order valence-electron chi connectivity index (χ2n) is 9.85. The Hall–Kier alpha value is -3.28. The highest BCUT2D eigenvalue weighted by Gasteiger charge is 2.32. The van der Waals surface area contributed by atoms with Gasteiger partial charge in [-0.05, 0) is 61.4 Å². The van der Waals surface area contributed by atoms with Gasteiger partial charge in [-0.3, -0.25) is 0 Å². The Kier molecular flexibility index (Phi) is 6.78. The van der Waals surface area contributed by atoms with Crippen LogP contribution < -0.4 is 10.6 Å². The number of benzene rings is 1. The highest BCUT2D eigenvalue weighted by atomic mass is 32.1. The van der Waals surface area contributed by atoms with Gasteiger partial charge >= 0.3 is 0 Å². The third-order valence-corrected chi connectivity index (χ3v) is 8.54. The van der Waals surface area contributed by atoms with Gasteiger partial charge in [0, 0.05) is 29.6 Å². The fourth-order valence-electron chi connectivity index (χ4n) is 5.41. The number of allylic oxidation sites excluding steroid dienone is 2. The van der Waals surface area contributed by atoms with Crippen molar-refractivity contribution in [2.45, 2.75) is 53.8 Å². The maximum atomic E-state index is 16.8. The van der Waals surface area contributed by atoms with Crippen molar-refractivity contribution in [2.75, 3.05) is 23.7 Å². The van der Waals surface area contributed by atoms with Gasteiger partial charge in [-0.2, -0.15) is 5.26 Å². The molecule has 3 aromatic rings. The molecule has 2 N–H and O–H groups in total. The minimum Gasteiger partial charge on any atom is -0.389 e. The van der Waals surface area contributed by atoms with Gasteiger partial charge in [0.15, 0.2) is 5.82 Å². The highest BCUT2D eigenvalue weighted by molar-refractivity contribution is 7.17. The Morgan fingerprint density at radius 3 is 2.73 bits per heavy atom. The van der Waals surface area contributed by atoms with E-state index < -0.39 is 11.6 Å². The third-order valence-electron chi connectivity index (χ3n) is 7.51. The first kappa shape index (κ1) is 25.4. The van der Waals surface area contributed by atoms with Gasteiger partial charge in [0.25, 0.3) is 0 Å². The van der Waals surface area contributed by atoms with Gasteiger partial charge < -0.3 is 15.4 Å². The van der Waals surface area contributed by atoms with E-state index in [1.807, 2.05) is 26.0 Å². The second-order valence-corrected chi connectivity index (χ2v) is 10.9. The lowest BCUT2D eigenvalue weighted by molar-refractivity contribution is 0.135. The summed E-state index contributed by atoms with van der Waals surface area (Å²) < 4.78 is 37.7. The molecule has 5 rings (SSSR count). The molecule has 2 aromatic heterocycles. The van der Waals surface area contributed by atoms with Crippen LogP contribution in [0.2, 0.25) is 0 Å². The molecule has 1 aromatic carbocycles. The Balaban J connectivity index is 1.85. The van der Waals surface area contributed by atoms with Crippen LogP contribution in [0.3, 0.4) is 0 Å². The van der Waals surface area contributed by atoms with Crippen molar-refractivity contribution >= 4 is 44.5 Å². The number of nitrogens with zero attached hydrogens (tertiary/aromatic N) is 3. The average molecular weight is 521 g/mol. The van der Waals surface area contributed by atoms with Crippen LogP contribution in [0, 0.1) is 23.1 Å². The number of rotatable bonds is 5. The summed E-state index contributed by atoms with van der Waals surface area (Å²) in [5, 5.41) is 10.9. The highest BCUT2D eigenvalue weighted by Crippen LogP contribution is 2.47. The number of fused-ring (bicyclic) bond motifs is 3. The molecule has 0 bridgehead atoms. The number of nitriles is 1. The van der Waals surface area contributed by atoms with Gasteiger partial charge in [0.1, 0.15) is 28.2 Å². The van der Waals surface area contributed by atoms with E-state index in [1.165, 1.54) is 6.08 Å². The van der Waals surface area contributed by atoms with Crippen molar-refractivity contribution in [3.8, 4) is 6.07 Å². The molecule has 192 valence electrons. The van der Waals surface area contributed by atoms with Crippen molar-refractivity contribution in [3.05, 3.63) is 62.3 Å². The van der Waals surface area contributed by atoms with Crippen LogP contribution in [0.15, 0.2) is 23.8 Å². The molecular weight excluding hydrogens is 490 g/mol. The molecular formula is C29H30F2N4OS. The lowest BCUT2D eigenvalue weighted by Crippen LogP contribution is -2.20. The van der Waals surface area contributed by atoms with E-state index in [9.17, 15) is 5.26 Å². The number of pyridine rings is 1. The second kappa shape index (κ2) is 9.88. The number of thiophene rings is 1. The summed E-state index contributed by atoms with van der Waals surface area (Å²) in [5.41, 5.74) is 10.2. The van der Waals surface area contributed by atoms with Crippen LogP contribution in [0.25, 0.3) is 22.3 Å². The Morgan fingerprint density at radius 1 is 1.32 bits per heavy atom. The van der Waals surface area contributed by atoms with E-state index >= 15 is 8.78 Å². The predicted molar refractivity (Wildman–Crippen MR) is 146 cm³/mol. The standard InChI is InChI=1S/C29H30F2N4OS/c1-5-16(4)23(25-18(11-32)29(33)37-28(25)21(30)6-2)24-20-14-36-13-19(20)17-7-8-22(34-27(17)26(24)31)35-10-9-15(3)12-35/h6-8,15H,5,9-10,12-14,33H2,1-4H3/b21-6+,23-16+. The van der Waals surface area contributed by atoms with Crippen LogP contribution in [0.4, 0.5) is 19.6 Å². The van der Waals surface area contributed by atoms with Gasteiger partial charge in [0.05, 0.1) is 23.7 Å². The number of hydrogen-bond acceptors (Lipinski definition) is 6. The number of ether oxygens (including phenoxy) is 1. The summed E-state index contributed by atoms with van der Waals surface area (Å²) in [4.78, 5) is 7.24. The molecule has 1 fully saturated rings. The van der Waals surface area contributed by atoms with Crippen molar-refractivity contribution in [1.29, 1.82) is 5.26 Å². The van der Waals surface area contributed by atoms with Gasteiger partial charge in [-0.15, -0.1) is 11.3 Å². The number of anilines is 2. The fourth-order valence-corrected chi connectivity index (χ4v) is 6.40. The van der Waals surface area contributed by atoms with E-state index in [1.54, 1.807) is 6.92 Å². The maximum absolute atomic E-state index is 16.8. The summed E-state index contributed by atoms with van der Waals surface area (Å²) in [6, 6.07) is 6.04. The van der Waals surface area contributed by atoms with E-state index in [0.29, 0.717) is 35.6 Å². The zero-order chi connectivity index (χ0) is 26.4.